The highest BCUT2D eigenvalue weighted by Gasteiger charge is 2.22. The van der Waals surface area contributed by atoms with Gasteiger partial charge in [-0.25, -0.2) is 4.98 Å². The highest BCUT2D eigenvalue weighted by atomic mass is 15.3. The van der Waals surface area contributed by atoms with Gasteiger partial charge in [-0.1, -0.05) is 6.92 Å². The number of anilines is 2. The molecule has 1 aromatic rings. The van der Waals surface area contributed by atoms with Crippen LogP contribution in [0.1, 0.15) is 13.3 Å². The van der Waals surface area contributed by atoms with Crippen molar-refractivity contribution in [3.8, 4) is 6.07 Å². The molecule has 2 heterocycles. The predicted octanol–water partition coefficient (Wildman–Crippen LogP) is 1.09. The van der Waals surface area contributed by atoms with Crippen LogP contribution in [0.2, 0.25) is 0 Å². The molecule has 5 nitrogen and oxygen atoms in total. The highest BCUT2D eigenvalue weighted by Crippen LogP contribution is 2.17. The van der Waals surface area contributed by atoms with E-state index < -0.39 is 0 Å². The van der Waals surface area contributed by atoms with Gasteiger partial charge in [0.05, 0.1) is 24.0 Å². The number of nitrogens with zero attached hydrogens (tertiary/aromatic N) is 4. The fourth-order valence-corrected chi connectivity index (χ4v) is 2.31. The van der Waals surface area contributed by atoms with Crippen molar-refractivity contribution in [3.63, 3.8) is 0 Å². The first-order chi connectivity index (χ1) is 8.74. The number of rotatable bonds is 3. The van der Waals surface area contributed by atoms with Crippen LogP contribution < -0.4 is 10.6 Å². The first kappa shape index (κ1) is 12.7. The van der Waals surface area contributed by atoms with Crippen LogP contribution >= 0.6 is 0 Å². The maximum atomic E-state index is 9.06. The Balaban J connectivity index is 1.94. The molecule has 0 saturated carbocycles. The molecule has 0 aromatic carbocycles. The fraction of sp³-hybridized carbons (Fsp3) is 0.538. The zero-order chi connectivity index (χ0) is 13.0. The van der Waals surface area contributed by atoms with Gasteiger partial charge in [0.2, 0.25) is 0 Å². The Bertz CT molecular complexity index is 414. The lowest BCUT2D eigenvalue weighted by Gasteiger charge is -2.37. The molecule has 18 heavy (non-hydrogen) atoms. The number of pyridine rings is 1. The summed E-state index contributed by atoms with van der Waals surface area (Å²) in [5.41, 5.74) is 6.69. The van der Waals surface area contributed by atoms with E-state index >= 15 is 0 Å². The minimum atomic E-state index is 0.0525. The summed E-state index contributed by atoms with van der Waals surface area (Å²) in [5.74, 6) is 0.549. The first-order valence-electron chi connectivity index (χ1n) is 6.34. The fourth-order valence-electron chi connectivity index (χ4n) is 2.31. The van der Waals surface area contributed by atoms with Crippen molar-refractivity contribution in [2.75, 3.05) is 36.8 Å². The third kappa shape index (κ3) is 2.71. The number of aromatic nitrogens is 1. The van der Waals surface area contributed by atoms with Crippen LogP contribution in [-0.2, 0) is 0 Å². The van der Waals surface area contributed by atoms with E-state index in [4.69, 9.17) is 11.0 Å². The van der Waals surface area contributed by atoms with E-state index in [1.54, 1.807) is 0 Å². The van der Waals surface area contributed by atoms with Gasteiger partial charge in [-0.05, 0) is 18.6 Å². The molecule has 5 heteroatoms. The molecular weight excluding hydrogens is 226 g/mol. The molecule has 1 aromatic heterocycles. The number of piperazine rings is 1. The second-order valence-corrected chi connectivity index (χ2v) is 4.52. The van der Waals surface area contributed by atoms with E-state index in [0.717, 1.165) is 38.3 Å². The number of hydrogen-bond acceptors (Lipinski definition) is 5. The van der Waals surface area contributed by atoms with E-state index in [9.17, 15) is 0 Å². The van der Waals surface area contributed by atoms with Crippen molar-refractivity contribution < 1.29 is 0 Å². The molecule has 2 N–H and O–H groups in total. The lowest BCUT2D eigenvalue weighted by Crippen LogP contribution is -2.50. The Morgan fingerprint density at radius 3 is 2.61 bits per heavy atom. The molecule has 0 spiro atoms. The Morgan fingerprint density at radius 1 is 1.39 bits per heavy atom. The summed E-state index contributed by atoms with van der Waals surface area (Å²) >= 11 is 0. The van der Waals surface area contributed by atoms with Crippen molar-refractivity contribution in [3.05, 3.63) is 18.3 Å². The molecule has 1 atom stereocenters. The summed E-state index contributed by atoms with van der Waals surface area (Å²) in [6, 6.07) is 6.24. The van der Waals surface area contributed by atoms with Crippen LogP contribution in [0.3, 0.4) is 0 Å². The van der Waals surface area contributed by atoms with Crippen LogP contribution in [0.15, 0.2) is 18.3 Å². The van der Waals surface area contributed by atoms with Gasteiger partial charge in [-0.3, -0.25) is 4.90 Å². The van der Waals surface area contributed by atoms with Gasteiger partial charge >= 0.3 is 0 Å². The van der Waals surface area contributed by atoms with Gasteiger partial charge in [-0.2, -0.15) is 5.26 Å². The van der Waals surface area contributed by atoms with Gasteiger partial charge in [0.15, 0.2) is 0 Å². The summed E-state index contributed by atoms with van der Waals surface area (Å²) < 4.78 is 0. The third-order valence-electron chi connectivity index (χ3n) is 3.43. The molecule has 0 amide bonds. The molecule has 0 radical (unpaired) electrons. The monoisotopic (exact) mass is 245 g/mol. The lowest BCUT2D eigenvalue weighted by molar-refractivity contribution is 0.216. The van der Waals surface area contributed by atoms with Gasteiger partial charge in [0.1, 0.15) is 5.82 Å². The SMILES string of the molecule is CCC(C#N)N1CCN(c2ccc(N)nc2)CC1. The van der Waals surface area contributed by atoms with Crippen molar-refractivity contribution in [1.29, 1.82) is 5.26 Å². The number of hydrogen-bond donors (Lipinski definition) is 1. The quantitative estimate of drug-likeness (QED) is 0.863. The molecule has 1 aliphatic heterocycles. The minimum Gasteiger partial charge on any atom is -0.384 e. The number of nitrogens with two attached hydrogens (primary N) is 1. The average Bonchev–Trinajstić information content (AvgIpc) is 2.42. The highest BCUT2D eigenvalue weighted by molar-refractivity contribution is 5.48. The van der Waals surface area contributed by atoms with Crippen LogP contribution in [0.4, 0.5) is 11.5 Å². The van der Waals surface area contributed by atoms with E-state index in [0.29, 0.717) is 5.82 Å². The molecule has 1 fully saturated rings. The van der Waals surface area contributed by atoms with E-state index in [2.05, 4.69) is 27.8 Å². The molecule has 0 bridgehead atoms. The minimum absolute atomic E-state index is 0.0525. The molecule has 2 rings (SSSR count). The second kappa shape index (κ2) is 5.69. The Labute approximate surface area is 108 Å². The molecule has 1 saturated heterocycles. The van der Waals surface area contributed by atoms with E-state index in [1.165, 1.54) is 0 Å². The smallest absolute Gasteiger partial charge is 0.123 e. The molecule has 1 unspecified atom stereocenters. The Morgan fingerprint density at radius 2 is 2.11 bits per heavy atom. The third-order valence-corrected chi connectivity index (χ3v) is 3.43. The first-order valence-corrected chi connectivity index (χ1v) is 6.34. The number of nitrogen functional groups attached to an aromatic ring is 1. The summed E-state index contributed by atoms with van der Waals surface area (Å²) in [4.78, 5) is 8.65. The Hall–Kier alpha value is -1.80. The van der Waals surface area contributed by atoms with Crippen molar-refractivity contribution in [2.45, 2.75) is 19.4 Å². The molecule has 0 aliphatic carbocycles. The second-order valence-electron chi connectivity index (χ2n) is 4.52. The predicted molar refractivity (Wildman–Crippen MR) is 72.1 cm³/mol. The van der Waals surface area contributed by atoms with Crippen LogP contribution in [0, 0.1) is 11.3 Å². The number of nitriles is 1. The summed E-state index contributed by atoms with van der Waals surface area (Å²) in [6.45, 7) is 5.78. The molecule has 96 valence electrons. The van der Waals surface area contributed by atoms with Gasteiger partial charge < -0.3 is 10.6 Å². The Kier molecular flexibility index (Phi) is 4.00. The zero-order valence-corrected chi connectivity index (χ0v) is 10.7. The molecular formula is C13H19N5. The summed E-state index contributed by atoms with van der Waals surface area (Å²) in [7, 11) is 0. The molecule has 1 aliphatic rings. The van der Waals surface area contributed by atoms with Gasteiger partial charge in [-0.15, -0.1) is 0 Å². The van der Waals surface area contributed by atoms with Gasteiger partial charge in [0, 0.05) is 26.2 Å². The van der Waals surface area contributed by atoms with Crippen LogP contribution in [-0.4, -0.2) is 42.1 Å². The maximum absolute atomic E-state index is 9.06. The van der Waals surface area contributed by atoms with Crippen molar-refractivity contribution >= 4 is 11.5 Å². The van der Waals surface area contributed by atoms with E-state index in [1.807, 2.05) is 18.3 Å². The summed E-state index contributed by atoms with van der Waals surface area (Å²) in [6.07, 6.45) is 2.70. The zero-order valence-electron chi connectivity index (χ0n) is 10.7. The normalized spacial score (nSPS) is 18.3. The van der Waals surface area contributed by atoms with Gasteiger partial charge in [0.25, 0.3) is 0 Å². The van der Waals surface area contributed by atoms with Crippen molar-refractivity contribution in [2.24, 2.45) is 0 Å². The van der Waals surface area contributed by atoms with E-state index in [-0.39, 0.29) is 6.04 Å². The lowest BCUT2D eigenvalue weighted by atomic mass is 10.2. The largest absolute Gasteiger partial charge is 0.384 e. The van der Waals surface area contributed by atoms with Crippen molar-refractivity contribution in [1.82, 2.24) is 9.88 Å². The topological polar surface area (TPSA) is 69.2 Å². The van der Waals surface area contributed by atoms with Crippen LogP contribution in [0.5, 0.6) is 0 Å². The summed E-state index contributed by atoms with van der Waals surface area (Å²) in [5, 5.41) is 9.06. The van der Waals surface area contributed by atoms with Crippen LogP contribution in [0.25, 0.3) is 0 Å². The average molecular weight is 245 g/mol. The standard InChI is InChI=1S/C13H19N5/c1-2-11(9-14)17-5-7-18(8-6-17)12-3-4-13(15)16-10-12/h3-4,10-11H,2,5-8H2,1H3,(H2,15,16). The maximum Gasteiger partial charge on any atom is 0.123 e.